The first-order valence-corrected chi connectivity index (χ1v) is 12.3. The zero-order valence-electron chi connectivity index (χ0n) is 19.8. The summed E-state index contributed by atoms with van der Waals surface area (Å²) in [6.07, 6.45) is 7.28. The molecule has 2 amide bonds. The Bertz CT molecular complexity index is 894. The predicted molar refractivity (Wildman–Crippen MR) is 126 cm³/mol. The molecule has 1 atom stereocenters. The van der Waals surface area contributed by atoms with Crippen molar-refractivity contribution in [2.45, 2.75) is 70.8 Å². The molecule has 3 aliphatic heterocycles. The SMILES string of the molecule is CCCCC1(CCCC)NC(=N)N(CCC2CCN(C(=O)c3ccc4c(c3)OCO4)C2)C1=O. The van der Waals surface area contributed by atoms with Crippen molar-refractivity contribution in [3.63, 3.8) is 0 Å². The van der Waals surface area contributed by atoms with Crippen LogP contribution >= 0.6 is 0 Å². The van der Waals surface area contributed by atoms with Gasteiger partial charge in [-0.3, -0.25) is 19.9 Å². The zero-order valence-corrected chi connectivity index (χ0v) is 19.8. The van der Waals surface area contributed by atoms with Crippen LogP contribution in [0.5, 0.6) is 11.5 Å². The molecule has 1 unspecified atom stereocenters. The van der Waals surface area contributed by atoms with E-state index in [1.807, 2.05) is 4.90 Å². The first-order chi connectivity index (χ1) is 16.0. The lowest BCUT2D eigenvalue weighted by Gasteiger charge is -2.27. The number of benzene rings is 1. The monoisotopic (exact) mass is 456 g/mol. The van der Waals surface area contributed by atoms with Crippen LogP contribution in [0.1, 0.15) is 75.6 Å². The molecule has 4 rings (SSSR count). The highest BCUT2D eigenvalue weighted by Gasteiger charge is 2.48. The van der Waals surface area contributed by atoms with Gasteiger partial charge in [0.05, 0.1) is 0 Å². The highest BCUT2D eigenvalue weighted by Crippen LogP contribution is 2.34. The van der Waals surface area contributed by atoms with Crippen LogP contribution in [0.2, 0.25) is 0 Å². The fraction of sp³-hybridized carbons (Fsp3) is 0.640. The molecule has 2 fully saturated rings. The maximum absolute atomic E-state index is 13.3. The van der Waals surface area contributed by atoms with Gasteiger partial charge in [0.15, 0.2) is 17.5 Å². The van der Waals surface area contributed by atoms with E-state index in [1.54, 1.807) is 23.1 Å². The molecule has 8 heteroatoms. The summed E-state index contributed by atoms with van der Waals surface area (Å²) in [4.78, 5) is 29.8. The molecule has 1 aromatic rings. The third kappa shape index (κ3) is 4.80. The number of unbranched alkanes of at least 4 members (excludes halogenated alkanes) is 2. The van der Waals surface area contributed by atoms with E-state index in [2.05, 4.69) is 19.2 Å². The quantitative estimate of drug-likeness (QED) is 0.559. The number of fused-ring (bicyclic) bond motifs is 1. The number of rotatable bonds is 10. The Morgan fingerprint density at radius 2 is 1.91 bits per heavy atom. The molecule has 0 radical (unpaired) electrons. The number of carbonyl (C=O) groups is 2. The largest absolute Gasteiger partial charge is 0.454 e. The van der Waals surface area contributed by atoms with Gasteiger partial charge >= 0.3 is 0 Å². The second kappa shape index (κ2) is 10.0. The molecular formula is C25H36N4O4. The highest BCUT2D eigenvalue weighted by atomic mass is 16.7. The molecule has 0 aliphatic carbocycles. The van der Waals surface area contributed by atoms with Gasteiger partial charge in [-0.15, -0.1) is 0 Å². The van der Waals surface area contributed by atoms with Crippen molar-refractivity contribution in [2.75, 3.05) is 26.4 Å². The lowest BCUT2D eigenvalue weighted by molar-refractivity contribution is -0.131. The minimum Gasteiger partial charge on any atom is -0.454 e. The maximum Gasteiger partial charge on any atom is 0.255 e. The number of guanidine groups is 1. The number of nitrogens with one attached hydrogen (secondary N) is 2. The summed E-state index contributed by atoms with van der Waals surface area (Å²) >= 11 is 0. The van der Waals surface area contributed by atoms with Gasteiger partial charge in [0.25, 0.3) is 11.8 Å². The Hall–Kier alpha value is -2.77. The molecule has 0 saturated carbocycles. The minimum atomic E-state index is -0.611. The molecule has 3 heterocycles. The standard InChI is InChI=1S/C25H36N4O4/c1-3-5-11-25(12-6-4-2)23(31)29(24(26)27-25)14-10-18-9-13-28(16-18)22(30)19-7-8-20-21(15-19)33-17-32-20/h7-8,15,18H,3-6,9-14,16-17H2,1-2H3,(H2,26,27). The molecule has 0 aromatic heterocycles. The van der Waals surface area contributed by atoms with Crippen LogP contribution in [0.3, 0.4) is 0 Å². The van der Waals surface area contributed by atoms with E-state index in [9.17, 15) is 9.59 Å². The van der Waals surface area contributed by atoms with Gasteiger partial charge in [0.2, 0.25) is 6.79 Å². The molecule has 8 nitrogen and oxygen atoms in total. The highest BCUT2D eigenvalue weighted by molar-refractivity contribution is 6.07. The number of amides is 2. The van der Waals surface area contributed by atoms with E-state index in [4.69, 9.17) is 14.9 Å². The van der Waals surface area contributed by atoms with Gasteiger partial charge in [-0.25, -0.2) is 0 Å². The third-order valence-corrected chi connectivity index (χ3v) is 7.15. The molecule has 0 bridgehead atoms. The van der Waals surface area contributed by atoms with Gasteiger partial charge in [0.1, 0.15) is 5.54 Å². The summed E-state index contributed by atoms with van der Waals surface area (Å²) in [5, 5.41) is 11.7. The number of nitrogens with zero attached hydrogens (tertiary/aromatic N) is 2. The second-order valence-corrected chi connectivity index (χ2v) is 9.48. The van der Waals surface area contributed by atoms with Gasteiger partial charge < -0.3 is 19.7 Å². The topological polar surface area (TPSA) is 95.0 Å². The van der Waals surface area contributed by atoms with Gasteiger partial charge in [-0.2, -0.15) is 0 Å². The van der Waals surface area contributed by atoms with E-state index in [-0.39, 0.29) is 24.6 Å². The molecule has 3 aliphatic rings. The Morgan fingerprint density at radius 3 is 2.64 bits per heavy atom. The Labute approximate surface area is 196 Å². The Morgan fingerprint density at radius 1 is 1.18 bits per heavy atom. The van der Waals surface area contributed by atoms with Crippen molar-refractivity contribution in [1.82, 2.24) is 15.1 Å². The zero-order chi connectivity index (χ0) is 23.4. The van der Waals surface area contributed by atoms with Crippen molar-refractivity contribution >= 4 is 17.8 Å². The third-order valence-electron chi connectivity index (χ3n) is 7.15. The first kappa shape index (κ1) is 23.4. The fourth-order valence-corrected chi connectivity index (χ4v) is 5.12. The molecule has 1 aromatic carbocycles. The number of hydrogen-bond donors (Lipinski definition) is 2. The Kier molecular flexibility index (Phi) is 7.10. The molecule has 33 heavy (non-hydrogen) atoms. The molecule has 180 valence electrons. The van der Waals surface area contributed by atoms with Crippen molar-refractivity contribution in [1.29, 1.82) is 5.41 Å². The molecule has 2 saturated heterocycles. The van der Waals surface area contributed by atoms with Gasteiger partial charge in [-0.05, 0) is 49.8 Å². The van der Waals surface area contributed by atoms with E-state index >= 15 is 0 Å². The maximum atomic E-state index is 13.3. The van der Waals surface area contributed by atoms with E-state index in [0.29, 0.717) is 42.6 Å². The van der Waals surface area contributed by atoms with E-state index < -0.39 is 5.54 Å². The normalized spacial score (nSPS) is 21.1. The lowest BCUT2D eigenvalue weighted by Crippen LogP contribution is -2.47. The predicted octanol–water partition coefficient (Wildman–Crippen LogP) is 3.75. The van der Waals surface area contributed by atoms with Crippen LogP contribution in [-0.4, -0.2) is 59.5 Å². The number of ether oxygens (including phenoxy) is 2. The van der Waals surface area contributed by atoms with Crippen LogP contribution < -0.4 is 14.8 Å². The average Bonchev–Trinajstić information content (AvgIpc) is 3.53. The molecule has 2 N–H and O–H groups in total. The molecule has 0 spiro atoms. The van der Waals surface area contributed by atoms with Crippen molar-refractivity contribution in [2.24, 2.45) is 5.92 Å². The minimum absolute atomic E-state index is 0.000562. The molecular weight excluding hydrogens is 420 g/mol. The van der Waals surface area contributed by atoms with Crippen molar-refractivity contribution in [3.8, 4) is 11.5 Å². The summed E-state index contributed by atoms with van der Waals surface area (Å²) < 4.78 is 10.7. The number of carbonyl (C=O) groups excluding carboxylic acids is 2. The lowest BCUT2D eigenvalue weighted by atomic mass is 9.87. The van der Waals surface area contributed by atoms with E-state index in [1.165, 1.54) is 0 Å². The van der Waals surface area contributed by atoms with Gasteiger partial charge in [0, 0.05) is 25.2 Å². The van der Waals surface area contributed by atoms with Crippen LogP contribution in [0.4, 0.5) is 0 Å². The summed E-state index contributed by atoms with van der Waals surface area (Å²) in [5.41, 5.74) is -0.00243. The average molecular weight is 457 g/mol. The second-order valence-electron chi connectivity index (χ2n) is 9.48. The van der Waals surface area contributed by atoms with E-state index in [0.717, 1.165) is 51.4 Å². The Balaban J connectivity index is 1.32. The van der Waals surface area contributed by atoms with Crippen LogP contribution in [0.25, 0.3) is 0 Å². The number of hydrogen-bond acceptors (Lipinski definition) is 5. The smallest absolute Gasteiger partial charge is 0.255 e. The van der Waals surface area contributed by atoms with Crippen LogP contribution in [0.15, 0.2) is 18.2 Å². The van der Waals surface area contributed by atoms with Crippen molar-refractivity contribution in [3.05, 3.63) is 23.8 Å². The van der Waals surface area contributed by atoms with Crippen molar-refractivity contribution < 1.29 is 19.1 Å². The van der Waals surface area contributed by atoms with Gasteiger partial charge in [-0.1, -0.05) is 39.5 Å². The summed E-state index contributed by atoms with van der Waals surface area (Å²) in [5.74, 6) is 1.90. The van der Waals surface area contributed by atoms with Crippen LogP contribution in [0, 0.1) is 11.3 Å². The summed E-state index contributed by atoms with van der Waals surface area (Å²) in [7, 11) is 0. The summed E-state index contributed by atoms with van der Waals surface area (Å²) in [6.45, 7) is 6.36. The number of likely N-dealkylation sites (tertiary alicyclic amines) is 1. The fourth-order valence-electron chi connectivity index (χ4n) is 5.12. The van der Waals surface area contributed by atoms with Crippen LogP contribution in [-0.2, 0) is 4.79 Å². The summed E-state index contributed by atoms with van der Waals surface area (Å²) in [6, 6.07) is 5.31. The first-order valence-electron chi connectivity index (χ1n) is 12.3.